The van der Waals surface area contributed by atoms with Gasteiger partial charge in [-0.05, 0) is 16.7 Å². The molecule has 1 aromatic rings. The van der Waals surface area contributed by atoms with Crippen LogP contribution in [0.2, 0.25) is 0 Å². The summed E-state index contributed by atoms with van der Waals surface area (Å²) in [5.41, 5.74) is 4.19. The van der Waals surface area contributed by atoms with E-state index in [1.165, 1.54) is 16.7 Å². The molecule has 0 fully saturated rings. The monoisotopic (exact) mass is 158 g/mol. The zero-order valence-electron chi connectivity index (χ0n) is 6.75. The average Bonchev–Trinajstić information content (AvgIpc) is 2.52. The van der Waals surface area contributed by atoms with Gasteiger partial charge in [0.15, 0.2) is 0 Å². The lowest BCUT2D eigenvalue weighted by Gasteiger charge is -2.21. The van der Waals surface area contributed by atoms with Gasteiger partial charge in [0, 0.05) is 19.3 Å². The number of benzene rings is 1. The van der Waals surface area contributed by atoms with Crippen molar-refractivity contribution in [1.29, 1.82) is 0 Å². The number of hydrogen-bond acceptors (Lipinski definition) is 2. The molecule has 60 valence electrons. The molecule has 0 saturated heterocycles. The molecule has 0 saturated carbocycles. The third-order valence-electron chi connectivity index (χ3n) is 2.61. The van der Waals surface area contributed by atoms with Crippen LogP contribution >= 0.6 is 0 Å². The van der Waals surface area contributed by atoms with E-state index < -0.39 is 0 Å². The maximum absolute atomic E-state index is 4.45. The number of hydrogen-bond donors (Lipinski definition) is 1. The van der Waals surface area contributed by atoms with Crippen molar-refractivity contribution in [3.8, 4) is 0 Å². The molecule has 2 aliphatic rings. The first-order chi connectivity index (χ1) is 5.95. The Kier molecular flexibility index (Phi) is 1.15. The van der Waals surface area contributed by atoms with Gasteiger partial charge in [0.1, 0.15) is 0 Å². The lowest BCUT2D eigenvalue weighted by Crippen LogP contribution is -2.26. The summed E-state index contributed by atoms with van der Waals surface area (Å²) < 4.78 is 0. The molecule has 1 N–H and O–H groups in total. The molecule has 2 heteroatoms. The Morgan fingerprint density at radius 3 is 3.42 bits per heavy atom. The fourth-order valence-corrected chi connectivity index (χ4v) is 2.05. The largest absolute Gasteiger partial charge is 0.310 e. The van der Waals surface area contributed by atoms with E-state index in [4.69, 9.17) is 0 Å². The van der Waals surface area contributed by atoms with Gasteiger partial charge in [0.05, 0.1) is 6.04 Å². The van der Waals surface area contributed by atoms with Gasteiger partial charge in [-0.15, -0.1) is 0 Å². The number of aliphatic imine (C=N–C) groups is 1. The highest BCUT2D eigenvalue weighted by Gasteiger charge is 2.24. The molecule has 0 aliphatic carbocycles. The zero-order valence-corrected chi connectivity index (χ0v) is 6.75. The summed E-state index contributed by atoms with van der Waals surface area (Å²) in [7, 11) is 0. The molecule has 1 aromatic carbocycles. The smallest absolute Gasteiger partial charge is 0.0883 e. The fraction of sp³-hybridized carbons (Fsp3) is 0.300. The van der Waals surface area contributed by atoms with Crippen LogP contribution in [0, 0.1) is 0 Å². The Balaban J connectivity index is 2.28. The molecule has 2 aliphatic heterocycles. The standard InChI is InChI=1S/C10H10N2/c1-2-7-4-11-6-9-10(7)8(3-1)5-12-9/h1-3,5,9,11H,4,6H2. The minimum atomic E-state index is 0.393. The van der Waals surface area contributed by atoms with Gasteiger partial charge in [0.25, 0.3) is 0 Å². The lowest BCUT2D eigenvalue weighted by molar-refractivity contribution is 0.565. The third kappa shape index (κ3) is 0.703. The summed E-state index contributed by atoms with van der Waals surface area (Å²) >= 11 is 0. The molecule has 2 heterocycles. The predicted molar refractivity (Wildman–Crippen MR) is 48.5 cm³/mol. The van der Waals surface area contributed by atoms with Gasteiger partial charge in [-0.2, -0.15) is 0 Å². The van der Waals surface area contributed by atoms with Crippen molar-refractivity contribution in [2.75, 3.05) is 6.54 Å². The van der Waals surface area contributed by atoms with E-state index in [0.29, 0.717) is 6.04 Å². The average molecular weight is 158 g/mol. The van der Waals surface area contributed by atoms with Crippen LogP contribution in [0.3, 0.4) is 0 Å². The van der Waals surface area contributed by atoms with E-state index >= 15 is 0 Å². The molecule has 0 bridgehead atoms. The Labute approximate surface area is 71.3 Å². The van der Waals surface area contributed by atoms with Crippen molar-refractivity contribution < 1.29 is 0 Å². The quantitative estimate of drug-likeness (QED) is 0.604. The van der Waals surface area contributed by atoms with Crippen LogP contribution < -0.4 is 5.32 Å². The highest BCUT2D eigenvalue weighted by molar-refractivity contribution is 5.86. The van der Waals surface area contributed by atoms with Crippen molar-refractivity contribution in [2.24, 2.45) is 4.99 Å². The molecule has 3 rings (SSSR count). The Morgan fingerprint density at radius 2 is 2.42 bits per heavy atom. The van der Waals surface area contributed by atoms with Gasteiger partial charge in [-0.3, -0.25) is 4.99 Å². The van der Waals surface area contributed by atoms with E-state index in [2.05, 4.69) is 28.5 Å². The van der Waals surface area contributed by atoms with Crippen molar-refractivity contribution in [3.05, 3.63) is 34.9 Å². The van der Waals surface area contributed by atoms with Crippen LogP contribution in [0.15, 0.2) is 23.2 Å². The zero-order chi connectivity index (χ0) is 7.97. The molecule has 0 radical (unpaired) electrons. The maximum atomic E-state index is 4.45. The first-order valence-electron chi connectivity index (χ1n) is 4.31. The maximum Gasteiger partial charge on any atom is 0.0883 e. The first kappa shape index (κ1) is 6.38. The second-order valence-electron chi connectivity index (χ2n) is 3.34. The minimum Gasteiger partial charge on any atom is -0.310 e. The molecule has 2 nitrogen and oxygen atoms in total. The molecular formula is C10H10N2. The van der Waals surface area contributed by atoms with Crippen LogP contribution in [0.1, 0.15) is 22.7 Å². The van der Waals surface area contributed by atoms with E-state index in [0.717, 1.165) is 13.1 Å². The summed E-state index contributed by atoms with van der Waals surface area (Å²) in [6.07, 6.45) is 2.00. The van der Waals surface area contributed by atoms with E-state index in [1.54, 1.807) is 0 Å². The molecule has 12 heavy (non-hydrogen) atoms. The SMILES string of the molecule is C1=NC2CNCc3cccc1c32. The first-order valence-corrected chi connectivity index (χ1v) is 4.31. The number of nitrogens with zero attached hydrogens (tertiary/aromatic N) is 1. The van der Waals surface area contributed by atoms with Crippen LogP contribution in [0.5, 0.6) is 0 Å². The van der Waals surface area contributed by atoms with Crippen LogP contribution in [0.4, 0.5) is 0 Å². The Hall–Kier alpha value is -1.15. The Bertz CT molecular complexity index is 355. The third-order valence-corrected chi connectivity index (χ3v) is 2.61. The van der Waals surface area contributed by atoms with Crippen LogP contribution in [-0.4, -0.2) is 12.8 Å². The van der Waals surface area contributed by atoms with Crippen molar-refractivity contribution >= 4 is 6.21 Å². The molecule has 1 unspecified atom stereocenters. The molecule has 0 aromatic heterocycles. The highest BCUT2D eigenvalue weighted by Crippen LogP contribution is 2.31. The summed E-state index contributed by atoms with van der Waals surface area (Å²) in [6, 6.07) is 6.83. The normalized spacial score (nSPS) is 24.2. The Morgan fingerprint density at radius 1 is 1.42 bits per heavy atom. The van der Waals surface area contributed by atoms with Crippen LogP contribution in [-0.2, 0) is 6.54 Å². The van der Waals surface area contributed by atoms with E-state index in [-0.39, 0.29) is 0 Å². The van der Waals surface area contributed by atoms with Gasteiger partial charge >= 0.3 is 0 Å². The summed E-state index contributed by atoms with van der Waals surface area (Å²) in [5, 5.41) is 3.36. The van der Waals surface area contributed by atoms with Crippen LogP contribution in [0.25, 0.3) is 0 Å². The lowest BCUT2D eigenvalue weighted by atomic mass is 9.95. The van der Waals surface area contributed by atoms with Crippen molar-refractivity contribution in [2.45, 2.75) is 12.6 Å². The van der Waals surface area contributed by atoms with Gasteiger partial charge in [0.2, 0.25) is 0 Å². The summed E-state index contributed by atoms with van der Waals surface area (Å²) in [5.74, 6) is 0. The number of rotatable bonds is 0. The topological polar surface area (TPSA) is 24.4 Å². The molecular weight excluding hydrogens is 148 g/mol. The number of nitrogens with one attached hydrogen (secondary N) is 1. The molecule has 0 spiro atoms. The minimum absolute atomic E-state index is 0.393. The van der Waals surface area contributed by atoms with Gasteiger partial charge in [-0.1, -0.05) is 18.2 Å². The van der Waals surface area contributed by atoms with Gasteiger partial charge < -0.3 is 5.32 Å². The second kappa shape index (κ2) is 2.17. The van der Waals surface area contributed by atoms with E-state index in [1.807, 2.05) is 6.21 Å². The highest BCUT2D eigenvalue weighted by atomic mass is 15.0. The van der Waals surface area contributed by atoms with Crippen molar-refractivity contribution in [1.82, 2.24) is 5.32 Å². The predicted octanol–water partition coefficient (Wildman–Crippen LogP) is 1.26. The summed E-state index contributed by atoms with van der Waals surface area (Å²) in [6.45, 7) is 2.00. The molecule has 0 amide bonds. The van der Waals surface area contributed by atoms with Crippen molar-refractivity contribution in [3.63, 3.8) is 0 Å². The summed E-state index contributed by atoms with van der Waals surface area (Å²) in [4.78, 5) is 4.45. The van der Waals surface area contributed by atoms with Gasteiger partial charge in [-0.25, -0.2) is 0 Å². The fourth-order valence-electron chi connectivity index (χ4n) is 2.05. The van der Waals surface area contributed by atoms with E-state index in [9.17, 15) is 0 Å². The molecule has 1 atom stereocenters. The second-order valence-corrected chi connectivity index (χ2v) is 3.34.